The van der Waals surface area contributed by atoms with E-state index in [-0.39, 0.29) is 12.5 Å². The van der Waals surface area contributed by atoms with Gasteiger partial charge >= 0.3 is 0 Å². The van der Waals surface area contributed by atoms with Crippen molar-refractivity contribution in [2.75, 3.05) is 12.5 Å². The van der Waals surface area contributed by atoms with Crippen LogP contribution >= 0.6 is 0 Å². The summed E-state index contributed by atoms with van der Waals surface area (Å²) in [5.74, 6) is 0. The van der Waals surface area contributed by atoms with Gasteiger partial charge in [0, 0.05) is 12.5 Å². The Labute approximate surface area is 56.8 Å². The predicted molar refractivity (Wildman–Crippen MR) is 40.8 cm³/mol. The number of aliphatic hydroxyl groups is 2. The van der Waals surface area contributed by atoms with Gasteiger partial charge in [-0.25, -0.2) is 0 Å². The molecule has 0 rings (SSSR count). The van der Waals surface area contributed by atoms with Crippen molar-refractivity contribution in [2.24, 2.45) is 0 Å². The van der Waals surface area contributed by atoms with Crippen LogP contribution in [0.1, 0.15) is 0 Å². The van der Waals surface area contributed by atoms with E-state index >= 15 is 0 Å². The largest absolute Gasteiger partial charge is 0.400 e. The molecule has 3 heteroatoms. The standard InChI is InChI=1S/C6H14O2Si/c1-3-4-9(2,5-7)6-8/h3,7-8H,1,4-6H2,2H3. The van der Waals surface area contributed by atoms with Gasteiger partial charge in [-0.05, 0) is 6.04 Å². The Balaban J connectivity index is 3.75. The smallest absolute Gasteiger partial charge is 0.113 e. The third-order valence-electron chi connectivity index (χ3n) is 1.40. The second-order valence-electron chi connectivity index (χ2n) is 2.62. The van der Waals surface area contributed by atoms with Crippen molar-refractivity contribution in [3.8, 4) is 0 Å². The summed E-state index contributed by atoms with van der Waals surface area (Å²) in [7, 11) is -1.70. The lowest BCUT2D eigenvalue weighted by molar-refractivity contribution is 0.322. The van der Waals surface area contributed by atoms with E-state index in [9.17, 15) is 0 Å². The molecular weight excluding hydrogens is 132 g/mol. The van der Waals surface area contributed by atoms with Crippen LogP contribution in [-0.2, 0) is 0 Å². The molecule has 0 aliphatic heterocycles. The highest BCUT2D eigenvalue weighted by atomic mass is 28.3. The van der Waals surface area contributed by atoms with E-state index in [1.165, 1.54) is 0 Å². The van der Waals surface area contributed by atoms with E-state index in [4.69, 9.17) is 10.2 Å². The molecule has 2 nitrogen and oxygen atoms in total. The molecule has 0 atom stereocenters. The lowest BCUT2D eigenvalue weighted by atomic mass is 10.8. The number of hydrogen-bond donors (Lipinski definition) is 2. The highest BCUT2D eigenvalue weighted by Gasteiger charge is 2.22. The van der Waals surface area contributed by atoms with Crippen molar-refractivity contribution in [2.45, 2.75) is 12.6 Å². The summed E-state index contributed by atoms with van der Waals surface area (Å²) in [6.45, 7) is 5.51. The summed E-state index contributed by atoms with van der Waals surface area (Å²) in [4.78, 5) is 0. The van der Waals surface area contributed by atoms with Crippen LogP contribution in [0.5, 0.6) is 0 Å². The van der Waals surface area contributed by atoms with Crippen molar-refractivity contribution in [1.29, 1.82) is 0 Å². The normalized spacial score (nSPS) is 11.4. The van der Waals surface area contributed by atoms with Crippen molar-refractivity contribution < 1.29 is 10.2 Å². The Bertz CT molecular complexity index is 89.1. The van der Waals surface area contributed by atoms with Gasteiger partial charge in [-0.2, -0.15) is 0 Å². The minimum Gasteiger partial charge on any atom is -0.400 e. The number of rotatable bonds is 4. The molecule has 0 heterocycles. The Kier molecular flexibility index (Phi) is 3.77. The van der Waals surface area contributed by atoms with Gasteiger partial charge in [0.25, 0.3) is 0 Å². The first kappa shape index (κ1) is 8.88. The molecule has 2 N–H and O–H groups in total. The highest BCUT2D eigenvalue weighted by molar-refractivity contribution is 6.78. The maximum atomic E-state index is 8.77. The summed E-state index contributed by atoms with van der Waals surface area (Å²) in [6.07, 6.45) is 2.06. The van der Waals surface area contributed by atoms with Gasteiger partial charge in [-0.1, -0.05) is 12.6 Å². The molecule has 0 radical (unpaired) electrons. The van der Waals surface area contributed by atoms with Gasteiger partial charge in [0.2, 0.25) is 0 Å². The third-order valence-corrected chi connectivity index (χ3v) is 4.20. The molecule has 0 fully saturated rings. The van der Waals surface area contributed by atoms with E-state index in [0.29, 0.717) is 0 Å². The Hall–Kier alpha value is -0.123. The zero-order valence-electron chi connectivity index (χ0n) is 5.80. The second kappa shape index (κ2) is 3.82. The SMILES string of the molecule is C=CC[Si](C)(CO)CO. The van der Waals surface area contributed by atoms with Crippen LogP contribution in [0.2, 0.25) is 12.6 Å². The molecule has 0 saturated heterocycles. The first-order chi connectivity index (χ1) is 4.18. The van der Waals surface area contributed by atoms with Crippen molar-refractivity contribution in [3.63, 3.8) is 0 Å². The van der Waals surface area contributed by atoms with Gasteiger partial charge in [-0.15, -0.1) is 6.58 Å². The lowest BCUT2D eigenvalue weighted by Gasteiger charge is -2.18. The van der Waals surface area contributed by atoms with Crippen LogP contribution in [0.25, 0.3) is 0 Å². The summed E-state index contributed by atoms with van der Waals surface area (Å²) in [5.41, 5.74) is 0. The van der Waals surface area contributed by atoms with E-state index in [0.717, 1.165) is 6.04 Å². The molecule has 0 spiro atoms. The van der Waals surface area contributed by atoms with Crippen LogP contribution < -0.4 is 0 Å². The van der Waals surface area contributed by atoms with Crippen molar-refractivity contribution >= 4 is 8.07 Å². The van der Waals surface area contributed by atoms with Gasteiger partial charge in [0.15, 0.2) is 0 Å². The zero-order chi connectivity index (χ0) is 7.33. The van der Waals surface area contributed by atoms with Crippen LogP contribution in [-0.4, -0.2) is 30.7 Å². The number of allylic oxidation sites excluding steroid dienone is 1. The average molecular weight is 146 g/mol. The Morgan fingerprint density at radius 1 is 1.44 bits per heavy atom. The first-order valence-corrected chi connectivity index (χ1v) is 6.13. The minimum atomic E-state index is -1.70. The summed E-state index contributed by atoms with van der Waals surface area (Å²) < 4.78 is 0. The zero-order valence-corrected chi connectivity index (χ0v) is 6.80. The molecule has 0 aliphatic rings. The topological polar surface area (TPSA) is 40.5 Å². The van der Waals surface area contributed by atoms with Crippen molar-refractivity contribution in [1.82, 2.24) is 0 Å². The van der Waals surface area contributed by atoms with E-state index in [1.54, 1.807) is 6.08 Å². The van der Waals surface area contributed by atoms with E-state index < -0.39 is 8.07 Å². The molecule has 0 aromatic heterocycles. The average Bonchev–Trinajstić information content (AvgIpc) is 1.89. The maximum absolute atomic E-state index is 8.77. The highest BCUT2D eigenvalue weighted by Crippen LogP contribution is 2.06. The fraction of sp³-hybridized carbons (Fsp3) is 0.667. The molecule has 0 amide bonds. The van der Waals surface area contributed by atoms with Crippen LogP contribution in [0.3, 0.4) is 0 Å². The van der Waals surface area contributed by atoms with Crippen LogP contribution in [0.4, 0.5) is 0 Å². The molecule has 9 heavy (non-hydrogen) atoms. The fourth-order valence-corrected chi connectivity index (χ4v) is 1.58. The molecule has 0 bridgehead atoms. The van der Waals surface area contributed by atoms with Gasteiger partial charge in [-0.3, -0.25) is 0 Å². The third kappa shape index (κ3) is 2.79. The number of aliphatic hydroxyl groups excluding tert-OH is 2. The maximum Gasteiger partial charge on any atom is 0.113 e. The summed E-state index contributed by atoms with van der Waals surface area (Å²) >= 11 is 0. The molecule has 0 unspecified atom stereocenters. The monoisotopic (exact) mass is 146 g/mol. The molecule has 0 aromatic rings. The van der Waals surface area contributed by atoms with Gasteiger partial charge in [0.05, 0.1) is 0 Å². The summed E-state index contributed by atoms with van der Waals surface area (Å²) in [6, 6.07) is 0.792. The molecule has 54 valence electrons. The Morgan fingerprint density at radius 3 is 2.00 bits per heavy atom. The number of hydrogen-bond acceptors (Lipinski definition) is 2. The predicted octanol–water partition coefficient (Wildman–Crippen LogP) is 0.314. The van der Waals surface area contributed by atoms with Crippen LogP contribution in [0.15, 0.2) is 12.7 Å². The molecular formula is C6H14O2Si. The second-order valence-corrected chi connectivity index (χ2v) is 7.28. The minimum absolute atomic E-state index is 0.148. The molecule has 0 aromatic carbocycles. The lowest BCUT2D eigenvalue weighted by Crippen LogP contribution is -2.39. The Morgan fingerprint density at radius 2 is 1.89 bits per heavy atom. The molecule has 0 aliphatic carbocycles. The quantitative estimate of drug-likeness (QED) is 0.443. The molecule has 0 saturated carbocycles. The van der Waals surface area contributed by atoms with Gasteiger partial charge < -0.3 is 10.2 Å². The van der Waals surface area contributed by atoms with E-state index in [2.05, 4.69) is 6.58 Å². The first-order valence-electron chi connectivity index (χ1n) is 3.01. The summed E-state index contributed by atoms with van der Waals surface area (Å²) in [5, 5.41) is 17.5. The fourth-order valence-electron chi connectivity index (χ4n) is 0.528. The van der Waals surface area contributed by atoms with Crippen molar-refractivity contribution in [3.05, 3.63) is 12.7 Å². The van der Waals surface area contributed by atoms with Crippen LogP contribution in [0, 0.1) is 0 Å². The van der Waals surface area contributed by atoms with E-state index in [1.807, 2.05) is 6.55 Å². The van der Waals surface area contributed by atoms with Gasteiger partial charge in [0.1, 0.15) is 8.07 Å².